The number of benzene rings is 10. The largest absolute Gasteiger partial charge is 0.0622 e. The normalized spacial score (nSPS) is 11.6. The predicted octanol–water partition coefficient (Wildman–Crippen LogP) is 14.1. The minimum atomic E-state index is 1.21. The maximum absolute atomic E-state index is 2.42. The molecule has 0 aliphatic heterocycles. The van der Waals surface area contributed by atoms with Crippen molar-refractivity contribution in [1.82, 2.24) is 0 Å². The van der Waals surface area contributed by atoms with E-state index in [4.69, 9.17) is 0 Å². The second kappa shape index (κ2) is 11.6. The summed E-state index contributed by atoms with van der Waals surface area (Å²) < 4.78 is 0. The Morgan fingerprint density at radius 1 is 0.200 bits per heavy atom. The van der Waals surface area contributed by atoms with Crippen LogP contribution in [0.5, 0.6) is 0 Å². The molecule has 10 aromatic carbocycles. The molecule has 50 heavy (non-hydrogen) atoms. The Bertz CT molecular complexity index is 2840. The molecule has 0 radical (unpaired) electrons. The van der Waals surface area contributed by atoms with Gasteiger partial charge in [-0.1, -0.05) is 176 Å². The van der Waals surface area contributed by atoms with Gasteiger partial charge < -0.3 is 0 Å². The molecule has 10 aromatic rings. The molecule has 0 N–H and O–H groups in total. The average molecular weight is 633 g/mol. The van der Waals surface area contributed by atoms with Gasteiger partial charge in [0.25, 0.3) is 0 Å². The maximum atomic E-state index is 2.42. The molecule has 0 spiro atoms. The van der Waals surface area contributed by atoms with E-state index in [2.05, 4.69) is 194 Å². The zero-order valence-electron chi connectivity index (χ0n) is 27.5. The van der Waals surface area contributed by atoms with E-state index in [1.54, 1.807) is 0 Å². The number of hydrogen-bond donors (Lipinski definition) is 0. The van der Waals surface area contributed by atoms with Crippen molar-refractivity contribution in [3.8, 4) is 44.5 Å². The van der Waals surface area contributed by atoms with Gasteiger partial charge in [0.1, 0.15) is 0 Å². The van der Waals surface area contributed by atoms with E-state index in [1.165, 1.54) is 98.4 Å². The molecule has 0 saturated heterocycles. The molecule has 0 aliphatic carbocycles. The van der Waals surface area contributed by atoms with E-state index in [0.29, 0.717) is 0 Å². The third-order valence-electron chi connectivity index (χ3n) is 10.4. The highest BCUT2D eigenvalue weighted by molar-refractivity contribution is 6.24. The highest BCUT2D eigenvalue weighted by Gasteiger charge is 2.19. The van der Waals surface area contributed by atoms with Crippen LogP contribution in [0.2, 0.25) is 0 Å². The van der Waals surface area contributed by atoms with Crippen molar-refractivity contribution in [2.75, 3.05) is 0 Å². The molecular weight excluding hydrogens is 601 g/mol. The Balaban J connectivity index is 1.19. The summed E-state index contributed by atoms with van der Waals surface area (Å²) in [5.74, 6) is 0. The van der Waals surface area contributed by atoms with Crippen LogP contribution in [0.3, 0.4) is 0 Å². The molecule has 232 valence electrons. The molecule has 0 fully saturated rings. The molecule has 0 heterocycles. The van der Waals surface area contributed by atoms with E-state index in [9.17, 15) is 0 Å². The van der Waals surface area contributed by atoms with Gasteiger partial charge >= 0.3 is 0 Å². The fraction of sp³-hybridized carbons (Fsp3) is 0. The molecule has 0 aliphatic rings. The van der Waals surface area contributed by atoms with Crippen LogP contribution in [0.1, 0.15) is 0 Å². The minimum Gasteiger partial charge on any atom is -0.0622 e. The molecule has 0 saturated carbocycles. The van der Waals surface area contributed by atoms with Gasteiger partial charge in [0.15, 0.2) is 0 Å². The highest BCUT2D eigenvalue weighted by atomic mass is 14.2. The summed E-state index contributed by atoms with van der Waals surface area (Å²) in [6, 6.07) is 71.3. The van der Waals surface area contributed by atoms with Gasteiger partial charge in [-0.25, -0.2) is 0 Å². The Morgan fingerprint density at radius 2 is 0.660 bits per heavy atom. The molecular formula is C50H32. The van der Waals surface area contributed by atoms with Gasteiger partial charge in [0, 0.05) is 0 Å². The van der Waals surface area contributed by atoms with Gasteiger partial charge in [-0.3, -0.25) is 0 Å². The minimum absolute atomic E-state index is 1.21. The van der Waals surface area contributed by atoms with Crippen molar-refractivity contribution in [3.63, 3.8) is 0 Å². The number of hydrogen-bond acceptors (Lipinski definition) is 0. The van der Waals surface area contributed by atoms with Crippen molar-refractivity contribution >= 4 is 53.9 Å². The van der Waals surface area contributed by atoms with Crippen LogP contribution in [-0.4, -0.2) is 0 Å². The average Bonchev–Trinajstić information content (AvgIpc) is 3.19. The van der Waals surface area contributed by atoms with E-state index >= 15 is 0 Å². The number of fused-ring (bicyclic) bond motifs is 6. The van der Waals surface area contributed by atoms with Crippen LogP contribution in [0.25, 0.3) is 98.4 Å². The Morgan fingerprint density at radius 3 is 1.30 bits per heavy atom. The van der Waals surface area contributed by atoms with Crippen LogP contribution >= 0.6 is 0 Å². The van der Waals surface area contributed by atoms with Crippen molar-refractivity contribution in [1.29, 1.82) is 0 Å². The molecule has 0 heteroatoms. The summed E-state index contributed by atoms with van der Waals surface area (Å²) in [5, 5.41) is 12.7. The monoisotopic (exact) mass is 632 g/mol. The lowest BCUT2D eigenvalue weighted by molar-refractivity contribution is 1.62. The summed E-state index contributed by atoms with van der Waals surface area (Å²) in [6.07, 6.45) is 0. The van der Waals surface area contributed by atoms with Crippen molar-refractivity contribution in [3.05, 3.63) is 194 Å². The van der Waals surface area contributed by atoms with Gasteiger partial charge in [-0.05, 0) is 117 Å². The lowest BCUT2D eigenvalue weighted by Crippen LogP contribution is -1.92. The third-order valence-corrected chi connectivity index (χ3v) is 10.4. The first-order chi connectivity index (χ1) is 24.8. The van der Waals surface area contributed by atoms with E-state index in [1.807, 2.05) is 0 Å². The number of rotatable bonds is 4. The van der Waals surface area contributed by atoms with Crippen molar-refractivity contribution in [2.24, 2.45) is 0 Å². The van der Waals surface area contributed by atoms with E-state index < -0.39 is 0 Å². The third kappa shape index (κ3) is 4.54. The maximum Gasteiger partial charge on any atom is -0.00199 e. The molecule has 10 rings (SSSR count). The zero-order chi connectivity index (χ0) is 33.0. The second-order valence-electron chi connectivity index (χ2n) is 13.2. The fourth-order valence-electron chi connectivity index (χ4n) is 8.15. The zero-order valence-corrected chi connectivity index (χ0v) is 27.5. The second-order valence-corrected chi connectivity index (χ2v) is 13.2. The highest BCUT2D eigenvalue weighted by Crippen LogP contribution is 2.46. The fourth-order valence-corrected chi connectivity index (χ4v) is 8.15. The summed E-state index contributed by atoms with van der Waals surface area (Å²) in [4.78, 5) is 0. The molecule has 0 nitrogen and oxygen atoms in total. The summed E-state index contributed by atoms with van der Waals surface area (Å²) >= 11 is 0. The van der Waals surface area contributed by atoms with Gasteiger partial charge in [-0.15, -0.1) is 0 Å². The van der Waals surface area contributed by atoms with E-state index in [0.717, 1.165) is 0 Å². The first kappa shape index (κ1) is 28.5. The van der Waals surface area contributed by atoms with E-state index in [-0.39, 0.29) is 0 Å². The summed E-state index contributed by atoms with van der Waals surface area (Å²) in [7, 11) is 0. The first-order valence-corrected chi connectivity index (χ1v) is 17.4. The lowest BCUT2D eigenvalue weighted by atomic mass is 9.83. The van der Waals surface area contributed by atoms with Crippen LogP contribution in [0, 0.1) is 0 Å². The molecule has 0 bridgehead atoms. The van der Waals surface area contributed by atoms with Crippen molar-refractivity contribution < 1.29 is 0 Å². The predicted molar refractivity (Wildman–Crippen MR) is 216 cm³/mol. The lowest BCUT2D eigenvalue weighted by Gasteiger charge is -2.19. The van der Waals surface area contributed by atoms with Crippen LogP contribution in [0.4, 0.5) is 0 Å². The summed E-state index contributed by atoms with van der Waals surface area (Å²) in [6.45, 7) is 0. The van der Waals surface area contributed by atoms with Crippen molar-refractivity contribution in [2.45, 2.75) is 0 Å². The van der Waals surface area contributed by atoms with Crippen LogP contribution in [-0.2, 0) is 0 Å². The Hall–Kier alpha value is -6.50. The molecule has 0 amide bonds. The van der Waals surface area contributed by atoms with Crippen LogP contribution in [0.15, 0.2) is 194 Å². The summed E-state index contributed by atoms with van der Waals surface area (Å²) in [5.41, 5.74) is 9.99. The molecule has 0 atom stereocenters. The van der Waals surface area contributed by atoms with Gasteiger partial charge in [-0.2, -0.15) is 0 Å². The van der Waals surface area contributed by atoms with Gasteiger partial charge in [0.05, 0.1) is 0 Å². The van der Waals surface area contributed by atoms with Crippen LogP contribution < -0.4 is 0 Å². The smallest absolute Gasteiger partial charge is 0.00199 e. The topological polar surface area (TPSA) is 0 Å². The van der Waals surface area contributed by atoms with Gasteiger partial charge in [0.2, 0.25) is 0 Å². The first-order valence-electron chi connectivity index (χ1n) is 17.4. The molecule has 0 aromatic heterocycles. The standard InChI is InChI=1S/C50H32/c1-2-14-35(15-3-1)49-43-22-10-12-24-45(43)50(46-25-13-11-23-44(46)49)48-32-38(30-36-16-4-7-19-40(36)48)33-26-28-34(29-27-33)47-31-37-17-5-6-18-39(37)41-20-8-9-21-42(41)47/h1-32H. The quantitative estimate of drug-likeness (QED) is 0.134. The Labute approximate surface area is 291 Å². The molecule has 0 unspecified atom stereocenters. The SMILES string of the molecule is c1ccc(-c2c3ccccc3c(-c3cc(-c4ccc(-c5cc6ccccc6c6ccccc56)cc4)cc4ccccc34)c3ccccc23)cc1. The Kier molecular flexibility index (Phi) is 6.60.